The number of ether oxygens (including phenoxy) is 2. The standard InChI is InChI=1S/C12H24N2O4/c1-9(7-17-3)13-12(16)5-14-4-11(6-15)18-8-10(14)2/h9-11,15H,4-8H2,1-3H3,(H,13,16). The summed E-state index contributed by atoms with van der Waals surface area (Å²) in [5.74, 6) is -0.0232. The fourth-order valence-electron chi connectivity index (χ4n) is 2.00. The molecule has 1 aliphatic rings. The lowest BCUT2D eigenvalue weighted by molar-refractivity contribution is -0.128. The van der Waals surface area contributed by atoms with E-state index in [0.717, 1.165) is 0 Å². The van der Waals surface area contributed by atoms with Gasteiger partial charge >= 0.3 is 0 Å². The summed E-state index contributed by atoms with van der Waals surface area (Å²) in [6.45, 7) is 5.87. The number of rotatable bonds is 6. The lowest BCUT2D eigenvalue weighted by Crippen LogP contribution is -2.53. The molecule has 0 radical (unpaired) electrons. The van der Waals surface area contributed by atoms with E-state index in [0.29, 0.717) is 26.3 Å². The number of carbonyl (C=O) groups excluding carboxylic acids is 1. The molecule has 0 aliphatic carbocycles. The Morgan fingerprint density at radius 1 is 1.67 bits per heavy atom. The Kier molecular flexibility index (Phi) is 6.56. The van der Waals surface area contributed by atoms with E-state index in [-0.39, 0.29) is 30.7 Å². The molecule has 6 nitrogen and oxygen atoms in total. The maximum absolute atomic E-state index is 11.8. The SMILES string of the molecule is COCC(C)NC(=O)CN1CC(CO)OCC1C. The zero-order valence-corrected chi connectivity index (χ0v) is 11.4. The van der Waals surface area contributed by atoms with Crippen LogP contribution in [0.25, 0.3) is 0 Å². The van der Waals surface area contributed by atoms with Crippen molar-refractivity contribution in [2.45, 2.75) is 32.0 Å². The molecule has 1 saturated heterocycles. The van der Waals surface area contributed by atoms with Crippen LogP contribution in [0.4, 0.5) is 0 Å². The smallest absolute Gasteiger partial charge is 0.234 e. The van der Waals surface area contributed by atoms with Crippen LogP contribution in [-0.4, -0.2) is 74.1 Å². The van der Waals surface area contributed by atoms with Gasteiger partial charge in [-0.3, -0.25) is 9.69 Å². The van der Waals surface area contributed by atoms with Crippen LogP contribution in [0, 0.1) is 0 Å². The van der Waals surface area contributed by atoms with Gasteiger partial charge in [-0.25, -0.2) is 0 Å². The van der Waals surface area contributed by atoms with Crippen molar-refractivity contribution in [1.82, 2.24) is 10.2 Å². The monoisotopic (exact) mass is 260 g/mol. The number of morpholine rings is 1. The number of nitrogens with one attached hydrogen (secondary N) is 1. The first-order valence-electron chi connectivity index (χ1n) is 6.31. The van der Waals surface area contributed by atoms with E-state index in [1.54, 1.807) is 7.11 Å². The van der Waals surface area contributed by atoms with Crippen LogP contribution in [-0.2, 0) is 14.3 Å². The van der Waals surface area contributed by atoms with Gasteiger partial charge in [-0.2, -0.15) is 0 Å². The molecular formula is C12H24N2O4. The summed E-state index contributed by atoms with van der Waals surface area (Å²) in [5.41, 5.74) is 0. The average molecular weight is 260 g/mol. The molecule has 2 N–H and O–H groups in total. The van der Waals surface area contributed by atoms with Crippen molar-refractivity contribution in [2.75, 3.05) is 40.0 Å². The van der Waals surface area contributed by atoms with Crippen LogP contribution in [0.2, 0.25) is 0 Å². The Labute approximate surface area is 108 Å². The fraction of sp³-hybridized carbons (Fsp3) is 0.917. The molecule has 1 rings (SSSR count). The van der Waals surface area contributed by atoms with Gasteiger partial charge in [-0.15, -0.1) is 0 Å². The second-order valence-electron chi connectivity index (χ2n) is 4.84. The van der Waals surface area contributed by atoms with E-state index in [9.17, 15) is 4.79 Å². The molecule has 18 heavy (non-hydrogen) atoms. The number of hydrogen-bond donors (Lipinski definition) is 2. The Morgan fingerprint density at radius 3 is 3.00 bits per heavy atom. The molecular weight excluding hydrogens is 236 g/mol. The molecule has 6 heteroatoms. The van der Waals surface area contributed by atoms with Crippen LogP contribution in [0.1, 0.15) is 13.8 Å². The largest absolute Gasteiger partial charge is 0.394 e. The van der Waals surface area contributed by atoms with Gasteiger partial charge in [0.05, 0.1) is 32.5 Å². The summed E-state index contributed by atoms with van der Waals surface area (Å²) < 4.78 is 10.4. The molecule has 0 aromatic carbocycles. The van der Waals surface area contributed by atoms with Crippen LogP contribution in [0.3, 0.4) is 0 Å². The van der Waals surface area contributed by atoms with Crippen molar-refractivity contribution < 1.29 is 19.4 Å². The fourth-order valence-corrected chi connectivity index (χ4v) is 2.00. The highest BCUT2D eigenvalue weighted by Gasteiger charge is 2.27. The van der Waals surface area contributed by atoms with Gasteiger partial charge in [0.15, 0.2) is 0 Å². The van der Waals surface area contributed by atoms with E-state index < -0.39 is 0 Å². The highest BCUT2D eigenvalue weighted by Crippen LogP contribution is 2.10. The van der Waals surface area contributed by atoms with Gasteiger partial charge < -0.3 is 19.9 Å². The van der Waals surface area contributed by atoms with Crippen molar-refractivity contribution in [3.05, 3.63) is 0 Å². The van der Waals surface area contributed by atoms with Crippen molar-refractivity contribution in [3.8, 4) is 0 Å². The van der Waals surface area contributed by atoms with E-state index in [4.69, 9.17) is 14.6 Å². The zero-order valence-electron chi connectivity index (χ0n) is 11.4. The molecule has 0 aromatic rings. The van der Waals surface area contributed by atoms with E-state index in [2.05, 4.69) is 5.32 Å². The molecule has 106 valence electrons. The van der Waals surface area contributed by atoms with Crippen molar-refractivity contribution in [1.29, 1.82) is 0 Å². The van der Waals surface area contributed by atoms with Crippen molar-refractivity contribution in [2.24, 2.45) is 0 Å². The lowest BCUT2D eigenvalue weighted by Gasteiger charge is -2.37. The predicted octanol–water partition coefficient (Wildman–Crippen LogP) is -0.781. The molecule has 3 unspecified atom stereocenters. The number of methoxy groups -OCH3 is 1. The Balaban J connectivity index is 2.37. The van der Waals surface area contributed by atoms with Gasteiger partial charge in [0, 0.05) is 25.7 Å². The zero-order chi connectivity index (χ0) is 13.5. The number of carbonyl (C=O) groups is 1. The van der Waals surface area contributed by atoms with Gasteiger partial charge in [0.1, 0.15) is 0 Å². The second kappa shape index (κ2) is 7.68. The highest BCUT2D eigenvalue weighted by atomic mass is 16.5. The molecule has 0 aromatic heterocycles. The van der Waals surface area contributed by atoms with Gasteiger partial charge in [-0.1, -0.05) is 0 Å². The molecule has 0 bridgehead atoms. The first-order valence-corrected chi connectivity index (χ1v) is 6.31. The molecule has 1 fully saturated rings. The van der Waals surface area contributed by atoms with Crippen molar-refractivity contribution >= 4 is 5.91 Å². The summed E-state index contributed by atoms with van der Waals surface area (Å²) in [4.78, 5) is 13.9. The van der Waals surface area contributed by atoms with Crippen LogP contribution in [0.5, 0.6) is 0 Å². The first kappa shape index (κ1) is 15.4. The van der Waals surface area contributed by atoms with E-state index in [1.807, 2.05) is 18.7 Å². The van der Waals surface area contributed by atoms with E-state index >= 15 is 0 Å². The van der Waals surface area contributed by atoms with Crippen LogP contribution >= 0.6 is 0 Å². The minimum absolute atomic E-state index is 0.00693. The Morgan fingerprint density at radius 2 is 2.39 bits per heavy atom. The predicted molar refractivity (Wildman–Crippen MR) is 67.3 cm³/mol. The molecule has 0 saturated carbocycles. The molecule has 0 spiro atoms. The maximum atomic E-state index is 11.8. The third-order valence-electron chi connectivity index (χ3n) is 3.01. The van der Waals surface area contributed by atoms with Gasteiger partial charge in [0.25, 0.3) is 0 Å². The molecule has 3 atom stereocenters. The van der Waals surface area contributed by atoms with Crippen molar-refractivity contribution in [3.63, 3.8) is 0 Å². The third kappa shape index (κ3) is 4.89. The summed E-state index contributed by atoms with van der Waals surface area (Å²) in [7, 11) is 1.61. The molecule has 1 aliphatic heterocycles. The summed E-state index contributed by atoms with van der Waals surface area (Å²) >= 11 is 0. The van der Waals surface area contributed by atoms with Gasteiger partial charge in [0.2, 0.25) is 5.91 Å². The number of aliphatic hydroxyl groups excluding tert-OH is 1. The Bertz CT molecular complexity index is 262. The lowest BCUT2D eigenvalue weighted by atomic mass is 10.2. The van der Waals surface area contributed by atoms with Gasteiger partial charge in [-0.05, 0) is 13.8 Å². The number of aliphatic hydroxyl groups is 1. The number of hydrogen-bond acceptors (Lipinski definition) is 5. The average Bonchev–Trinajstić information content (AvgIpc) is 2.32. The second-order valence-corrected chi connectivity index (χ2v) is 4.84. The minimum atomic E-state index is -0.189. The number of amides is 1. The summed E-state index contributed by atoms with van der Waals surface area (Å²) in [6, 6.07) is 0.198. The molecule has 1 heterocycles. The highest BCUT2D eigenvalue weighted by molar-refractivity contribution is 5.78. The normalized spacial score (nSPS) is 26.9. The minimum Gasteiger partial charge on any atom is -0.394 e. The number of nitrogens with zero attached hydrogens (tertiary/aromatic N) is 1. The summed E-state index contributed by atoms with van der Waals surface area (Å²) in [5, 5.41) is 11.9. The Hall–Kier alpha value is -0.690. The third-order valence-corrected chi connectivity index (χ3v) is 3.01. The van der Waals surface area contributed by atoms with Crippen LogP contribution in [0.15, 0.2) is 0 Å². The van der Waals surface area contributed by atoms with Crippen LogP contribution < -0.4 is 5.32 Å². The summed E-state index contributed by atoms with van der Waals surface area (Å²) in [6.07, 6.45) is -0.189. The quantitative estimate of drug-likeness (QED) is 0.655. The first-order chi connectivity index (χ1) is 8.56. The topological polar surface area (TPSA) is 71.0 Å². The molecule has 1 amide bonds. The maximum Gasteiger partial charge on any atom is 0.234 e. The van der Waals surface area contributed by atoms with E-state index in [1.165, 1.54) is 0 Å².